The fraction of sp³-hybridized carbons (Fsp3) is 0.500. The molecule has 2 aliphatic carbocycles. The molecule has 0 aromatic heterocycles. The zero-order valence-electron chi connectivity index (χ0n) is 13.1. The molecular weight excluding hydrogens is 254 g/mol. The normalized spacial score (nSPS) is 31.4. The largest absolute Gasteiger partial charge is 0.309 e. The standard InChI is InChI=1S/C20H25N/c1-21(2)13-19-15-10-11-16(12-15)20(19)18-9-5-7-14-6-3-4-8-17(14)18/h3-9,15-16,19-20H,10-13H2,1-2H3/t15-,16+,19-,20+/m1/s1. The van der Waals surface area contributed by atoms with Crippen LogP contribution in [-0.2, 0) is 0 Å². The Morgan fingerprint density at radius 2 is 1.71 bits per heavy atom. The highest BCUT2D eigenvalue weighted by molar-refractivity contribution is 5.86. The minimum Gasteiger partial charge on any atom is -0.309 e. The number of hydrogen-bond acceptors (Lipinski definition) is 1. The van der Waals surface area contributed by atoms with E-state index < -0.39 is 0 Å². The van der Waals surface area contributed by atoms with Gasteiger partial charge in [-0.2, -0.15) is 0 Å². The van der Waals surface area contributed by atoms with Crippen LogP contribution in [-0.4, -0.2) is 25.5 Å². The molecule has 2 bridgehead atoms. The van der Waals surface area contributed by atoms with Gasteiger partial charge in [-0.05, 0) is 73.4 Å². The first-order chi connectivity index (χ1) is 10.2. The van der Waals surface area contributed by atoms with Crippen molar-refractivity contribution in [3.63, 3.8) is 0 Å². The minimum atomic E-state index is 0.775. The third-order valence-electron chi connectivity index (χ3n) is 5.85. The van der Waals surface area contributed by atoms with Crippen molar-refractivity contribution in [2.45, 2.75) is 25.2 Å². The van der Waals surface area contributed by atoms with E-state index in [9.17, 15) is 0 Å². The Bertz CT molecular complexity index is 640. The van der Waals surface area contributed by atoms with Gasteiger partial charge in [-0.1, -0.05) is 42.5 Å². The lowest BCUT2D eigenvalue weighted by molar-refractivity contribution is 0.220. The van der Waals surface area contributed by atoms with Gasteiger partial charge < -0.3 is 4.90 Å². The van der Waals surface area contributed by atoms with Crippen LogP contribution in [0.1, 0.15) is 30.7 Å². The molecule has 1 nitrogen and oxygen atoms in total. The number of rotatable bonds is 3. The maximum absolute atomic E-state index is 2.40. The second-order valence-electron chi connectivity index (χ2n) is 7.35. The van der Waals surface area contributed by atoms with Gasteiger partial charge in [-0.15, -0.1) is 0 Å². The second kappa shape index (κ2) is 5.14. The van der Waals surface area contributed by atoms with Crippen molar-refractivity contribution in [3.05, 3.63) is 48.0 Å². The molecule has 0 unspecified atom stereocenters. The lowest BCUT2D eigenvalue weighted by Crippen LogP contribution is -2.30. The Morgan fingerprint density at radius 1 is 0.952 bits per heavy atom. The number of nitrogens with zero attached hydrogens (tertiary/aromatic N) is 1. The first-order valence-corrected chi connectivity index (χ1v) is 8.36. The van der Waals surface area contributed by atoms with E-state index in [0.29, 0.717) is 0 Å². The van der Waals surface area contributed by atoms with E-state index in [1.54, 1.807) is 5.56 Å². The summed E-state index contributed by atoms with van der Waals surface area (Å²) in [5.41, 5.74) is 1.62. The van der Waals surface area contributed by atoms with Crippen LogP contribution in [0.4, 0.5) is 0 Å². The molecule has 110 valence electrons. The molecule has 1 heteroatoms. The van der Waals surface area contributed by atoms with E-state index in [0.717, 1.165) is 23.7 Å². The van der Waals surface area contributed by atoms with Crippen molar-refractivity contribution in [2.24, 2.45) is 17.8 Å². The first-order valence-electron chi connectivity index (χ1n) is 8.36. The molecule has 2 saturated carbocycles. The van der Waals surface area contributed by atoms with E-state index in [1.165, 1.54) is 36.6 Å². The highest BCUT2D eigenvalue weighted by Gasteiger charge is 2.48. The third-order valence-corrected chi connectivity index (χ3v) is 5.85. The van der Waals surface area contributed by atoms with Crippen molar-refractivity contribution in [2.75, 3.05) is 20.6 Å². The molecule has 0 radical (unpaired) electrons. The summed E-state index contributed by atoms with van der Waals surface area (Å²) in [5, 5.41) is 2.89. The van der Waals surface area contributed by atoms with Gasteiger partial charge >= 0.3 is 0 Å². The Morgan fingerprint density at radius 3 is 2.57 bits per heavy atom. The molecule has 0 N–H and O–H groups in total. The van der Waals surface area contributed by atoms with Crippen molar-refractivity contribution >= 4 is 10.8 Å². The molecule has 0 saturated heterocycles. The predicted molar refractivity (Wildman–Crippen MR) is 89.6 cm³/mol. The van der Waals surface area contributed by atoms with E-state index >= 15 is 0 Å². The van der Waals surface area contributed by atoms with Crippen LogP contribution in [0.15, 0.2) is 42.5 Å². The average Bonchev–Trinajstić information content (AvgIpc) is 3.07. The SMILES string of the molecule is CN(C)C[C@@H]1[C@@H]2CC[C@@H](C2)[C@H]1c1cccc2ccccc12. The first kappa shape index (κ1) is 13.3. The molecule has 2 aromatic rings. The summed E-state index contributed by atoms with van der Waals surface area (Å²) in [4.78, 5) is 2.39. The maximum Gasteiger partial charge on any atom is 0.00122 e. The predicted octanol–water partition coefficient (Wildman–Crippen LogP) is 4.53. The van der Waals surface area contributed by atoms with Crippen LogP contribution in [0, 0.1) is 17.8 Å². The quantitative estimate of drug-likeness (QED) is 0.798. The lowest BCUT2D eigenvalue weighted by atomic mass is 9.74. The molecule has 4 rings (SSSR count). The molecule has 0 spiro atoms. The van der Waals surface area contributed by atoms with Crippen molar-refractivity contribution in [1.82, 2.24) is 4.90 Å². The maximum atomic E-state index is 2.40. The Kier molecular flexibility index (Phi) is 3.26. The monoisotopic (exact) mass is 279 g/mol. The smallest absolute Gasteiger partial charge is 0.00122 e. The van der Waals surface area contributed by atoms with E-state index in [1.807, 2.05) is 0 Å². The summed E-state index contributed by atoms with van der Waals surface area (Å²) in [7, 11) is 4.46. The van der Waals surface area contributed by atoms with Crippen LogP contribution in [0.2, 0.25) is 0 Å². The highest BCUT2D eigenvalue weighted by atomic mass is 15.1. The summed E-state index contributed by atoms with van der Waals surface area (Å²) < 4.78 is 0. The average molecular weight is 279 g/mol. The molecule has 2 fully saturated rings. The van der Waals surface area contributed by atoms with Gasteiger partial charge in [0.05, 0.1) is 0 Å². The fourth-order valence-electron chi connectivity index (χ4n) is 5.12. The third kappa shape index (κ3) is 2.19. The lowest BCUT2D eigenvalue weighted by Gasteiger charge is -2.34. The van der Waals surface area contributed by atoms with Crippen molar-refractivity contribution in [1.29, 1.82) is 0 Å². The molecule has 2 aromatic carbocycles. The van der Waals surface area contributed by atoms with Crippen LogP contribution in [0.3, 0.4) is 0 Å². The summed E-state index contributed by atoms with van der Waals surface area (Å²) in [6.07, 6.45) is 4.37. The van der Waals surface area contributed by atoms with Crippen LogP contribution >= 0.6 is 0 Å². The number of hydrogen-bond donors (Lipinski definition) is 0. The molecule has 0 heterocycles. The molecule has 21 heavy (non-hydrogen) atoms. The summed E-state index contributed by atoms with van der Waals surface area (Å²) >= 11 is 0. The van der Waals surface area contributed by atoms with Gasteiger partial charge in [-0.3, -0.25) is 0 Å². The van der Waals surface area contributed by atoms with Crippen molar-refractivity contribution in [3.8, 4) is 0 Å². The zero-order chi connectivity index (χ0) is 14.4. The Balaban J connectivity index is 1.79. The van der Waals surface area contributed by atoms with Crippen LogP contribution in [0.25, 0.3) is 10.8 Å². The summed E-state index contributed by atoms with van der Waals surface area (Å²) in [5.74, 6) is 3.51. The topological polar surface area (TPSA) is 3.24 Å². The zero-order valence-corrected chi connectivity index (χ0v) is 13.1. The molecule has 2 aliphatic rings. The van der Waals surface area contributed by atoms with E-state index in [-0.39, 0.29) is 0 Å². The van der Waals surface area contributed by atoms with Crippen LogP contribution < -0.4 is 0 Å². The number of fused-ring (bicyclic) bond motifs is 3. The molecule has 0 amide bonds. The van der Waals surface area contributed by atoms with Crippen LogP contribution in [0.5, 0.6) is 0 Å². The van der Waals surface area contributed by atoms with Gasteiger partial charge in [0.1, 0.15) is 0 Å². The van der Waals surface area contributed by atoms with Gasteiger partial charge in [0.15, 0.2) is 0 Å². The molecule has 0 aliphatic heterocycles. The van der Waals surface area contributed by atoms with Gasteiger partial charge in [0, 0.05) is 6.54 Å². The fourth-order valence-corrected chi connectivity index (χ4v) is 5.12. The van der Waals surface area contributed by atoms with E-state index in [4.69, 9.17) is 0 Å². The Labute approximate surface area is 128 Å². The Hall–Kier alpha value is -1.34. The minimum absolute atomic E-state index is 0.775. The molecule has 4 atom stereocenters. The molecular formula is C20H25N. The van der Waals surface area contributed by atoms with Gasteiger partial charge in [-0.25, -0.2) is 0 Å². The summed E-state index contributed by atoms with van der Waals surface area (Å²) in [6.45, 7) is 1.25. The highest BCUT2D eigenvalue weighted by Crippen LogP contribution is 2.57. The van der Waals surface area contributed by atoms with E-state index in [2.05, 4.69) is 61.5 Å². The summed E-state index contributed by atoms with van der Waals surface area (Å²) in [6, 6.07) is 15.8. The second-order valence-corrected chi connectivity index (χ2v) is 7.35. The number of benzene rings is 2. The van der Waals surface area contributed by atoms with Crippen molar-refractivity contribution < 1.29 is 0 Å². The van der Waals surface area contributed by atoms with Gasteiger partial charge in [0.25, 0.3) is 0 Å². The van der Waals surface area contributed by atoms with Gasteiger partial charge in [0.2, 0.25) is 0 Å².